The Labute approximate surface area is 348 Å². The minimum atomic E-state index is -0.169. The van der Waals surface area contributed by atoms with Crippen LogP contribution in [0.3, 0.4) is 0 Å². The summed E-state index contributed by atoms with van der Waals surface area (Å²) in [5, 5.41) is 10.9. The van der Waals surface area contributed by atoms with Crippen molar-refractivity contribution in [2.24, 2.45) is 17.8 Å². The van der Waals surface area contributed by atoms with Gasteiger partial charge in [0.1, 0.15) is 12.2 Å². The minimum Gasteiger partial charge on any atom is -0.462 e. The predicted octanol–water partition coefficient (Wildman–Crippen LogP) is 9.16. The molecule has 0 aromatic heterocycles. The Morgan fingerprint density at radius 1 is 0.596 bits per heavy atom. The number of nitrogens with zero attached hydrogens (tertiary/aromatic N) is 1. The first-order chi connectivity index (χ1) is 26.0. The average molecular weight is 803 g/mol. The molecule has 4 aliphatic heterocycles. The lowest BCUT2D eigenvalue weighted by Gasteiger charge is -2.48. The van der Waals surface area contributed by atoms with Crippen LogP contribution < -0.4 is 16.0 Å². The molecule has 57 heavy (non-hydrogen) atoms. The van der Waals surface area contributed by atoms with E-state index in [9.17, 15) is 19.2 Å². The van der Waals surface area contributed by atoms with Gasteiger partial charge in [-0.2, -0.15) is 0 Å². The normalized spacial score (nSPS) is 27.3. The molecule has 3 atom stereocenters. The smallest absolute Gasteiger partial charge is 0.306 e. The number of imide groups is 1. The summed E-state index contributed by atoms with van der Waals surface area (Å²) in [4.78, 5) is 52.0. The first kappa shape index (κ1) is 49.3. The van der Waals surface area contributed by atoms with Crippen LogP contribution in [-0.4, -0.2) is 80.1 Å². The van der Waals surface area contributed by atoms with Gasteiger partial charge in [0.05, 0.1) is 5.92 Å². The van der Waals surface area contributed by atoms with Gasteiger partial charge in [-0.1, -0.05) is 52.9 Å². The van der Waals surface area contributed by atoms with Crippen LogP contribution in [0.25, 0.3) is 0 Å². The summed E-state index contributed by atoms with van der Waals surface area (Å²) in [6.07, 6.45) is 14.0. The zero-order valence-corrected chi connectivity index (χ0v) is 39.2. The molecule has 0 bridgehead atoms. The topological polar surface area (TPSA) is 126 Å². The lowest BCUT2D eigenvalue weighted by atomic mass is 9.79. The van der Waals surface area contributed by atoms with Gasteiger partial charge < -0.3 is 25.4 Å². The Morgan fingerprint density at radius 2 is 0.930 bits per heavy atom. The Hall–Kier alpha value is -2.04. The Balaban J connectivity index is 0.000000329. The van der Waals surface area contributed by atoms with Crippen molar-refractivity contribution in [3.8, 4) is 0 Å². The number of carbonyl (C=O) groups is 4. The van der Waals surface area contributed by atoms with Gasteiger partial charge in [-0.05, 0) is 121 Å². The summed E-state index contributed by atoms with van der Waals surface area (Å²) in [7, 11) is 0. The predicted molar refractivity (Wildman–Crippen MR) is 231 cm³/mol. The van der Waals surface area contributed by atoms with Gasteiger partial charge in [-0.25, -0.2) is 0 Å². The summed E-state index contributed by atoms with van der Waals surface area (Å²) in [6, 6.07) is 0.0191. The highest BCUT2D eigenvalue weighted by molar-refractivity contribution is 6.05. The van der Waals surface area contributed by atoms with Crippen molar-refractivity contribution in [2.45, 2.75) is 258 Å². The second-order valence-corrected chi connectivity index (χ2v) is 22.6. The van der Waals surface area contributed by atoms with E-state index in [0.29, 0.717) is 18.8 Å². The fourth-order valence-electron chi connectivity index (χ4n) is 11.0. The molecule has 0 aliphatic carbocycles. The fraction of sp³-hybridized carbons (Fsp3) is 0.915. The van der Waals surface area contributed by atoms with E-state index >= 15 is 0 Å². The quantitative estimate of drug-likeness (QED) is 0.0845. The Morgan fingerprint density at radius 3 is 1.28 bits per heavy atom. The lowest BCUT2D eigenvalue weighted by Crippen LogP contribution is -2.63. The van der Waals surface area contributed by atoms with Gasteiger partial charge >= 0.3 is 11.9 Å². The number of ether oxygens (including phenoxy) is 2. The third kappa shape index (κ3) is 16.2. The number of rotatable bonds is 15. The van der Waals surface area contributed by atoms with Crippen molar-refractivity contribution in [2.75, 3.05) is 0 Å². The van der Waals surface area contributed by atoms with E-state index in [2.05, 4.69) is 113 Å². The SMILES string of the molecule is CC1(C)CC(OC(=O)CCCCCCCCC(=O)OC2CC(C)(C)NC(C)(C)C2)CC(C)(C)N1.CCC(C)CC1C(=O)N(C2CC(C)(C)NC(C)(C)C2)C(=O)C1C. The van der Waals surface area contributed by atoms with Gasteiger partial charge in [-0.3, -0.25) is 24.1 Å². The molecule has 0 spiro atoms. The monoisotopic (exact) mass is 803 g/mol. The van der Waals surface area contributed by atoms with Gasteiger partial charge in [0.2, 0.25) is 11.8 Å². The van der Waals surface area contributed by atoms with Crippen molar-refractivity contribution in [3.05, 3.63) is 0 Å². The number of hydrogen-bond acceptors (Lipinski definition) is 9. The van der Waals surface area contributed by atoms with Crippen molar-refractivity contribution >= 4 is 23.8 Å². The van der Waals surface area contributed by atoms with Gasteiger partial charge in [0, 0.05) is 83.7 Å². The van der Waals surface area contributed by atoms with E-state index in [0.717, 1.165) is 89.9 Å². The maximum atomic E-state index is 13.0. The molecule has 10 heteroatoms. The van der Waals surface area contributed by atoms with Crippen LogP contribution in [-0.2, 0) is 28.7 Å². The summed E-state index contributed by atoms with van der Waals surface area (Å²) < 4.78 is 11.6. The second kappa shape index (κ2) is 19.6. The van der Waals surface area contributed by atoms with E-state index in [1.165, 1.54) is 0 Å². The van der Waals surface area contributed by atoms with E-state index < -0.39 is 0 Å². The molecule has 4 fully saturated rings. The van der Waals surface area contributed by atoms with Crippen molar-refractivity contribution in [1.82, 2.24) is 20.9 Å². The summed E-state index contributed by atoms with van der Waals surface area (Å²) in [5.74, 6) is 0.176. The summed E-state index contributed by atoms with van der Waals surface area (Å²) in [5.41, 5.74) is -0.185. The number of carbonyl (C=O) groups excluding carboxylic acids is 4. The van der Waals surface area contributed by atoms with Crippen molar-refractivity contribution in [1.29, 1.82) is 0 Å². The van der Waals surface area contributed by atoms with Crippen LogP contribution in [0.5, 0.6) is 0 Å². The third-order valence-electron chi connectivity index (χ3n) is 12.6. The molecule has 0 aromatic carbocycles. The molecule has 4 aliphatic rings. The molecule has 0 saturated carbocycles. The van der Waals surface area contributed by atoms with Crippen LogP contribution in [0.4, 0.5) is 0 Å². The van der Waals surface area contributed by atoms with E-state index in [4.69, 9.17) is 9.47 Å². The number of hydrogen-bond donors (Lipinski definition) is 3. The molecule has 0 radical (unpaired) electrons. The zero-order valence-electron chi connectivity index (χ0n) is 39.2. The van der Waals surface area contributed by atoms with Crippen LogP contribution >= 0.6 is 0 Å². The van der Waals surface area contributed by atoms with Crippen molar-refractivity contribution in [3.63, 3.8) is 0 Å². The molecule has 10 nitrogen and oxygen atoms in total. The molecule has 4 rings (SSSR count). The number of unbranched alkanes of at least 4 members (excludes halogenated alkanes) is 5. The summed E-state index contributed by atoms with van der Waals surface area (Å²) >= 11 is 0. The second-order valence-electron chi connectivity index (χ2n) is 22.6. The number of nitrogens with one attached hydrogen (secondary N) is 3. The molecule has 4 heterocycles. The fourth-order valence-corrected chi connectivity index (χ4v) is 11.0. The van der Waals surface area contributed by atoms with Crippen LogP contribution in [0, 0.1) is 17.8 Å². The number of likely N-dealkylation sites (tertiary alicyclic amines) is 1. The molecule has 3 N–H and O–H groups in total. The molecular formula is C47H86N4O6. The molecule has 4 saturated heterocycles. The van der Waals surface area contributed by atoms with Crippen LogP contribution in [0.2, 0.25) is 0 Å². The first-order valence-electron chi connectivity index (χ1n) is 22.7. The maximum absolute atomic E-state index is 13.0. The summed E-state index contributed by atoms with van der Waals surface area (Å²) in [6.45, 7) is 32.2. The molecule has 3 unspecified atom stereocenters. The maximum Gasteiger partial charge on any atom is 0.306 e. The van der Waals surface area contributed by atoms with Crippen molar-refractivity contribution < 1.29 is 28.7 Å². The number of piperidine rings is 3. The Kier molecular flexibility index (Phi) is 16.9. The largest absolute Gasteiger partial charge is 0.462 e. The first-order valence-corrected chi connectivity index (χ1v) is 22.7. The Bertz CT molecular complexity index is 1260. The zero-order chi connectivity index (χ0) is 43.2. The highest BCUT2D eigenvalue weighted by Crippen LogP contribution is 2.39. The van der Waals surface area contributed by atoms with Gasteiger partial charge in [0.25, 0.3) is 0 Å². The molecule has 0 aromatic rings. The standard InChI is InChI=1S/C28H52N2O4.C19H34N2O2/c1-25(2)17-21(18-26(3,4)29-25)33-23(31)15-13-11-9-10-12-14-16-24(32)34-22-19-27(5,6)30-28(7,8)20-22;1-8-12(2)9-15-13(3)16(22)21(17(15)23)14-10-18(4,5)20-19(6,7)11-14/h21-22,29-30H,9-20H2,1-8H3;12-15,20H,8-11H2,1-7H3. The molecular weight excluding hydrogens is 717 g/mol. The molecule has 2 amide bonds. The van der Waals surface area contributed by atoms with E-state index in [1.54, 1.807) is 4.90 Å². The lowest BCUT2D eigenvalue weighted by molar-refractivity contribution is -0.154. The number of amides is 2. The third-order valence-corrected chi connectivity index (χ3v) is 12.6. The van der Waals surface area contributed by atoms with Gasteiger partial charge in [0.15, 0.2) is 0 Å². The minimum absolute atomic E-state index is 0.000484. The van der Waals surface area contributed by atoms with E-state index in [1.807, 2.05) is 6.92 Å². The van der Waals surface area contributed by atoms with E-state index in [-0.39, 0.29) is 87.1 Å². The van der Waals surface area contributed by atoms with Crippen LogP contribution in [0.1, 0.15) is 207 Å². The molecule has 330 valence electrons. The highest BCUT2D eigenvalue weighted by atomic mass is 16.5. The average Bonchev–Trinajstić information content (AvgIpc) is 3.20. The highest BCUT2D eigenvalue weighted by Gasteiger charge is 2.51. The number of esters is 2. The van der Waals surface area contributed by atoms with Crippen LogP contribution in [0.15, 0.2) is 0 Å². The van der Waals surface area contributed by atoms with Gasteiger partial charge in [-0.15, -0.1) is 0 Å².